The summed E-state index contributed by atoms with van der Waals surface area (Å²) in [5.41, 5.74) is -0.610. The third-order valence-corrected chi connectivity index (χ3v) is 7.39. The molecule has 2 fully saturated rings. The Morgan fingerprint density at radius 3 is 2.43 bits per heavy atom. The van der Waals surface area contributed by atoms with Crippen LogP contribution in [0.5, 0.6) is 0 Å². The van der Waals surface area contributed by atoms with Gasteiger partial charge in [0.2, 0.25) is 23.6 Å². The molecule has 37 heavy (non-hydrogen) atoms. The lowest BCUT2D eigenvalue weighted by Crippen LogP contribution is -2.56. The van der Waals surface area contributed by atoms with E-state index in [2.05, 4.69) is 11.4 Å². The zero-order chi connectivity index (χ0) is 27.5. The summed E-state index contributed by atoms with van der Waals surface area (Å²) in [6, 6.07) is 8.96. The molecule has 3 rings (SSSR count). The molecule has 2 aliphatic heterocycles. The maximum absolute atomic E-state index is 14.0. The second kappa shape index (κ2) is 10.9. The minimum Gasteiger partial charge on any atom is -0.332 e. The third-order valence-electron chi connectivity index (χ3n) is 7.39. The largest absolute Gasteiger partial charge is 0.332 e. The SMILES string of the molecule is C[C@@H](C(=O)N(C)[C@@H](CC(C)(C)C)C(=O)N1C[C@@](C)(C(=O)Nc2ccccc2)C[C@H]1C#N)N1CCCC1=O. The molecule has 200 valence electrons. The summed E-state index contributed by atoms with van der Waals surface area (Å²) in [6.45, 7) is 10.0. The first kappa shape index (κ1) is 28.2. The van der Waals surface area contributed by atoms with Crippen LogP contribution in [0.25, 0.3) is 0 Å². The van der Waals surface area contributed by atoms with E-state index < -0.39 is 23.5 Å². The highest BCUT2D eigenvalue weighted by Crippen LogP contribution is 2.37. The van der Waals surface area contributed by atoms with Gasteiger partial charge in [-0.25, -0.2) is 0 Å². The molecule has 2 heterocycles. The molecule has 0 aromatic heterocycles. The van der Waals surface area contributed by atoms with Crippen molar-refractivity contribution in [1.82, 2.24) is 14.7 Å². The molecule has 1 aromatic rings. The lowest BCUT2D eigenvalue weighted by molar-refractivity contribution is -0.150. The fourth-order valence-corrected chi connectivity index (χ4v) is 5.22. The van der Waals surface area contributed by atoms with E-state index in [0.29, 0.717) is 31.5 Å². The number of carbonyl (C=O) groups excluding carboxylic acids is 4. The summed E-state index contributed by atoms with van der Waals surface area (Å²) in [5, 5.41) is 12.8. The number of likely N-dealkylation sites (tertiary alicyclic amines) is 2. The van der Waals surface area contributed by atoms with E-state index in [1.165, 1.54) is 9.80 Å². The van der Waals surface area contributed by atoms with Gasteiger partial charge in [-0.1, -0.05) is 39.0 Å². The molecule has 9 heteroatoms. The van der Waals surface area contributed by atoms with Crippen molar-refractivity contribution < 1.29 is 19.2 Å². The number of anilines is 1. The average Bonchev–Trinajstić information content (AvgIpc) is 3.44. The van der Waals surface area contributed by atoms with Crippen LogP contribution in [0.3, 0.4) is 0 Å². The van der Waals surface area contributed by atoms with Crippen LogP contribution in [-0.4, -0.2) is 76.6 Å². The number of nitrogens with one attached hydrogen (secondary N) is 1. The monoisotopic (exact) mass is 509 g/mol. The molecule has 1 aromatic carbocycles. The molecular weight excluding hydrogens is 470 g/mol. The lowest BCUT2D eigenvalue weighted by atomic mass is 9.86. The molecule has 0 aliphatic carbocycles. The number of nitrogens with zero attached hydrogens (tertiary/aromatic N) is 4. The number of amides is 4. The summed E-state index contributed by atoms with van der Waals surface area (Å²) in [4.78, 5) is 57.3. The summed E-state index contributed by atoms with van der Waals surface area (Å²) >= 11 is 0. The second-order valence-corrected chi connectivity index (χ2v) is 11.8. The maximum Gasteiger partial charge on any atom is 0.246 e. The third kappa shape index (κ3) is 6.30. The van der Waals surface area contributed by atoms with Gasteiger partial charge in [-0.3, -0.25) is 19.2 Å². The Hall–Kier alpha value is -3.41. The Balaban J connectivity index is 1.83. The first-order valence-corrected chi connectivity index (χ1v) is 12.9. The molecule has 0 bridgehead atoms. The highest BCUT2D eigenvalue weighted by molar-refractivity contribution is 5.97. The van der Waals surface area contributed by atoms with Crippen LogP contribution in [0.15, 0.2) is 30.3 Å². The van der Waals surface area contributed by atoms with E-state index in [9.17, 15) is 24.4 Å². The quantitative estimate of drug-likeness (QED) is 0.607. The van der Waals surface area contributed by atoms with Crippen molar-refractivity contribution in [3.8, 4) is 6.07 Å². The molecule has 0 saturated carbocycles. The Labute approximate surface area is 219 Å². The van der Waals surface area contributed by atoms with Gasteiger partial charge in [0.15, 0.2) is 0 Å². The Morgan fingerprint density at radius 1 is 1.24 bits per heavy atom. The van der Waals surface area contributed by atoms with E-state index in [-0.39, 0.29) is 42.0 Å². The van der Waals surface area contributed by atoms with E-state index in [0.717, 1.165) is 0 Å². The first-order chi connectivity index (χ1) is 17.3. The summed E-state index contributed by atoms with van der Waals surface area (Å²) in [6.07, 6.45) is 1.71. The van der Waals surface area contributed by atoms with Crippen LogP contribution >= 0.6 is 0 Å². The van der Waals surface area contributed by atoms with Crippen molar-refractivity contribution in [3.05, 3.63) is 30.3 Å². The summed E-state index contributed by atoms with van der Waals surface area (Å²) in [7, 11) is 1.59. The number of hydrogen-bond donors (Lipinski definition) is 1. The van der Waals surface area contributed by atoms with E-state index >= 15 is 0 Å². The zero-order valence-electron chi connectivity index (χ0n) is 22.8. The van der Waals surface area contributed by atoms with E-state index in [4.69, 9.17) is 0 Å². The number of likely N-dealkylation sites (N-methyl/N-ethyl adjacent to an activating group) is 1. The molecule has 0 spiro atoms. The van der Waals surface area contributed by atoms with Gasteiger partial charge in [0.25, 0.3) is 0 Å². The fraction of sp³-hybridized carbons (Fsp3) is 0.607. The smallest absolute Gasteiger partial charge is 0.246 e. The number of benzene rings is 1. The highest BCUT2D eigenvalue weighted by atomic mass is 16.2. The van der Waals surface area contributed by atoms with Gasteiger partial charge >= 0.3 is 0 Å². The minimum atomic E-state index is -0.962. The standard InChI is InChI=1S/C28H39N5O4/c1-19(32-14-10-13-23(32)34)24(35)31(6)22(16-27(2,3)4)25(36)33-18-28(5,15-21(33)17-29)26(37)30-20-11-8-7-9-12-20/h7-9,11-12,19,21-22H,10,13-16,18H2,1-6H3,(H,30,37)/t19-,21-,22-,28-/m0/s1. The maximum atomic E-state index is 14.0. The van der Waals surface area contributed by atoms with Crippen molar-refractivity contribution in [3.63, 3.8) is 0 Å². The van der Waals surface area contributed by atoms with Gasteiger partial charge in [0.05, 0.1) is 11.5 Å². The predicted octanol–water partition coefficient (Wildman–Crippen LogP) is 3.03. The van der Waals surface area contributed by atoms with Crippen LogP contribution in [-0.2, 0) is 19.2 Å². The van der Waals surface area contributed by atoms with Gasteiger partial charge in [0.1, 0.15) is 18.1 Å². The van der Waals surface area contributed by atoms with Crippen LogP contribution in [0.4, 0.5) is 5.69 Å². The van der Waals surface area contributed by atoms with Gasteiger partial charge in [-0.2, -0.15) is 5.26 Å². The Kier molecular flexibility index (Phi) is 8.31. The number of hydrogen-bond acceptors (Lipinski definition) is 5. The fourth-order valence-electron chi connectivity index (χ4n) is 5.22. The molecule has 4 atom stereocenters. The molecule has 1 N–H and O–H groups in total. The molecular formula is C28H39N5O4. The predicted molar refractivity (Wildman–Crippen MR) is 140 cm³/mol. The van der Waals surface area contributed by atoms with Crippen LogP contribution < -0.4 is 5.32 Å². The van der Waals surface area contributed by atoms with Crippen LogP contribution in [0, 0.1) is 22.2 Å². The molecule has 4 amide bonds. The van der Waals surface area contributed by atoms with Crippen molar-refractivity contribution >= 4 is 29.3 Å². The molecule has 9 nitrogen and oxygen atoms in total. The number of nitriles is 1. The van der Waals surface area contributed by atoms with Crippen LogP contribution in [0.1, 0.15) is 60.3 Å². The summed E-state index contributed by atoms with van der Waals surface area (Å²) < 4.78 is 0. The highest BCUT2D eigenvalue weighted by Gasteiger charge is 2.50. The molecule has 2 saturated heterocycles. The van der Waals surface area contributed by atoms with Gasteiger partial charge in [-0.05, 0) is 50.7 Å². The van der Waals surface area contributed by atoms with Gasteiger partial charge in [0, 0.05) is 32.2 Å². The van der Waals surface area contributed by atoms with Crippen molar-refractivity contribution in [1.29, 1.82) is 5.26 Å². The second-order valence-electron chi connectivity index (χ2n) is 11.8. The van der Waals surface area contributed by atoms with Crippen molar-refractivity contribution in [2.75, 3.05) is 25.5 Å². The molecule has 0 unspecified atom stereocenters. The average molecular weight is 510 g/mol. The van der Waals surface area contributed by atoms with Crippen molar-refractivity contribution in [2.45, 2.75) is 78.4 Å². The van der Waals surface area contributed by atoms with Crippen molar-refractivity contribution in [2.24, 2.45) is 10.8 Å². The van der Waals surface area contributed by atoms with Crippen LogP contribution in [0.2, 0.25) is 0 Å². The molecule has 0 radical (unpaired) electrons. The number of para-hydroxylation sites is 1. The normalized spacial score (nSPS) is 23.4. The summed E-state index contributed by atoms with van der Waals surface area (Å²) in [5.74, 6) is -0.979. The van der Waals surface area contributed by atoms with Gasteiger partial charge in [-0.15, -0.1) is 0 Å². The van der Waals surface area contributed by atoms with E-state index in [1.54, 1.807) is 37.9 Å². The zero-order valence-corrected chi connectivity index (χ0v) is 22.8. The minimum absolute atomic E-state index is 0.0581. The van der Waals surface area contributed by atoms with Gasteiger partial charge < -0.3 is 20.0 Å². The van der Waals surface area contributed by atoms with E-state index in [1.807, 2.05) is 39.0 Å². The number of rotatable bonds is 7. The Bertz CT molecular complexity index is 1080. The topological polar surface area (TPSA) is 114 Å². The Morgan fingerprint density at radius 2 is 1.89 bits per heavy atom. The first-order valence-electron chi connectivity index (χ1n) is 12.9. The lowest BCUT2D eigenvalue weighted by Gasteiger charge is -2.38. The number of carbonyl (C=O) groups is 4. The molecule has 2 aliphatic rings.